The lowest BCUT2D eigenvalue weighted by Gasteiger charge is -2.07. The Bertz CT molecular complexity index is 1120. The quantitative estimate of drug-likeness (QED) is 0.604. The Balaban J connectivity index is 1.64. The number of para-hydroxylation sites is 1. The van der Waals surface area contributed by atoms with Crippen LogP contribution in [0.4, 0.5) is 5.69 Å². The van der Waals surface area contributed by atoms with Gasteiger partial charge in [-0.25, -0.2) is 4.68 Å². The van der Waals surface area contributed by atoms with E-state index in [0.717, 1.165) is 0 Å². The van der Waals surface area contributed by atoms with Crippen LogP contribution in [0.3, 0.4) is 0 Å². The number of hydrogen-bond acceptors (Lipinski definition) is 5. The molecule has 0 unspecified atom stereocenters. The first-order chi connectivity index (χ1) is 14.4. The van der Waals surface area contributed by atoms with Crippen molar-refractivity contribution in [3.63, 3.8) is 0 Å². The molecule has 0 saturated carbocycles. The number of amides is 1. The number of esters is 1. The average molecular weight is 409 g/mol. The van der Waals surface area contributed by atoms with Crippen LogP contribution in [0.15, 0.2) is 59.4 Å². The highest BCUT2D eigenvalue weighted by Gasteiger charge is 2.18. The molecular weight excluding hydrogens is 386 g/mol. The van der Waals surface area contributed by atoms with Crippen molar-refractivity contribution in [2.75, 3.05) is 19.0 Å². The summed E-state index contributed by atoms with van der Waals surface area (Å²) < 4.78 is 13.3. The molecule has 3 rings (SSSR count). The number of carbonyl (C=O) groups is 2. The van der Waals surface area contributed by atoms with E-state index in [0.29, 0.717) is 22.7 Å². The van der Waals surface area contributed by atoms with E-state index in [9.17, 15) is 14.4 Å². The van der Waals surface area contributed by atoms with Crippen molar-refractivity contribution in [2.45, 2.75) is 13.3 Å². The molecule has 3 aromatic rings. The first-order valence-corrected chi connectivity index (χ1v) is 9.33. The van der Waals surface area contributed by atoms with Crippen molar-refractivity contribution in [1.82, 2.24) is 9.36 Å². The van der Waals surface area contributed by atoms with Gasteiger partial charge >= 0.3 is 5.97 Å². The zero-order chi connectivity index (χ0) is 21.7. The second-order valence-corrected chi connectivity index (χ2v) is 6.67. The minimum Gasteiger partial charge on any atom is -0.497 e. The average Bonchev–Trinajstić information content (AvgIpc) is 2.96. The summed E-state index contributed by atoms with van der Waals surface area (Å²) in [5.74, 6) is -0.503. The fraction of sp³-hybridized carbons (Fsp3) is 0.227. The normalized spacial score (nSPS) is 10.5. The molecule has 0 aliphatic heterocycles. The molecule has 1 heterocycles. The van der Waals surface area contributed by atoms with E-state index < -0.39 is 18.5 Å². The maximum atomic E-state index is 12.8. The van der Waals surface area contributed by atoms with Gasteiger partial charge < -0.3 is 14.8 Å². The maximum absolute atomic E-state index is 12.8. The van der Waals surface area contributed by atoms with E-state index in [1.807, 2.05) is 18.2 Å². The smallest absolute Gasteiger partial charge is 0.310 e. The monoisotopic (exact) mass is 409 g/mol. The Morgan fingerprint density at radius 1 is 1.07 bits per heavy atom. The summed E-state index contributed by atoms with van der Waals surface area (Å²) in [4.78, 5) is 37.1. The van der Waals surface area contributed by atoms with E-state index in [2.05, 4.69) is 5.32 Å². The lowest BCUT2D eigenvalue weighted by Crippen LogP contribution is -2.26. The standard InChI is InChI=1S/C22H23N3O5/c1-15-21(22(28)25(24(15)2)17-9-5-4-6-10-17)23-19(26)14-30-20(27)13-16-8-7-11-18(12-16)29-3/h4-12H,13-14H2,1-3H3,(H,23,26). The van der Waals surface area contributed by atoms with Gasteiger partial charge in [-0.05, 0) is 36.8 Å². The third kappa shape index (κ3) is 4.60. The van der Waals surface area contributed by atoms with Crippen molar-refractivity contribution in [3.8, 4) is 11.4 Å². The largest absolute Gasteiger partial charge is 0.497 e. The lowest BCUT2D eigenvalue weighted by molar-refractivity contribution is -0.146. The Morgan fingerprint density at radius 2 is 1.80 bits per heavy atom. The molecule has 8 nitrogen and oxygen atoms in total. The van der Waals surface area contributed by atoms with E-state index in [1.54, 1.807) is 62.2 Å². The third-order valence-electron chi connectivity index (χ3n) is 4.67. The molecule has 1 aromatic heterocycles. The van der Waals surface area contributed by atoms with Gasteiger partial charge in [-0.1, -0.05) is 30.3 Å². The highest BCUT2D eigenvalue weighted by molar-refractivity contribution is 5.93. The number of methoxy groups -OCH3 is 1. The predicted octanol–water partition coefficient (Wildman–Crippen LogP) is 2.22. The zero-order valence-electron chi connectivity index (χ0n) is 17.0. The van der Waals surface area contributed by atoms with Crippen molar-refractivity contribution in [2.24, 2.45) is 7.05 Å². The Labute approximate surface area is 173 Å². The lowest BCUT2D eigenvalue weighted by atomic mass is 10.1. The first kappa shape index (κ1) is 20.9. The summed E-state index contributed by atoms with van der Waals surface area (Å²) in [6.45, 7) is 1.24. The van der Waals surface area contributed by atoms with E-state index >= 15 is 0 Å². The molecule has 0 bridgehead atoms. The van der Waals surface area contributed by atoms with Gasteiger partial charge in [0.2, 0.25) is 0 Å². The van der Waals surface area contributed by atoms with Crippen LogP contribution in [0.2, 0.25) is 0 Å². The molecule has 2 aromatic carbocycles. The minimum atomic E-state index is -0.583. The van der Waals surface area contributed by atoms with Crippen LogP contribution in [0.25, 0.3) is 5.69 Å². The molecule has 1 amide bonds. The second kappa shape index (κ2) is 9.13. The molecule has 0 saturated heterocycles. The molecule has 1 N–H and O–H groups in total. The number of aromatic nitrogens is 2. The third-order valence-corrected chi connectivity index (χ3v) is 4.67. The maximum Gasteiger partial charge on any atom is 0.310 e. The Morgan fingerprint density at radius 3 is 2.50 bits per heavy atom. The van der Waals surface area contributed by atoms with Crippen LogP contribution >= 0.6 is 0 Å². The van der Waals surface area contributed by atoms with Crippen LogP contribution in [0, 0.1) is 6.92 Å². The Kier molecular flexibility index (Phi) is 6.36. The summed E-state index contributed by atoms with van der Waals surface area (Å²) in [5.41, 5.74) is 1.76. The number of ether oxygens (including phenoxy) is 2. The topological polar surface area (TPSA) is 91.6 Å². The van der Waals surface area contributed by atoms with Crippen LogP contribution in [-0.2, 0) is 27.8 Å². The van der Waals surface area contributed by atoms with Crippen molar-refractivity contribution in [1.29, 1.82) is 0 Å². The van der Waals surface area contributed by atoms with Gasteiger partial charge in [-0.2, -0.15) is 0 Å². The molecule has 156 valence electrons. The second-order valence-electron chi connectivity index (χ2n) is 6.67. The van der Waals surface area contributed by atoms with Gasteiger partial charge in [0.1, 0.15) is 11.4 Å². The first-order valence-electron chi connectivity index (χ1n) is 9.33. The molecular formula is C22H23N3O5. The summed E-state index contributed by atoms with van der Waals surface area (Å²) in [6, 6.07) is 16.1. The highest BCUT2D eigenvalue weighted by atomic mass is 16.5. The van der Waals surface area contributed by atoms with E-state index in [1.165, 1.54) is 4.68 Å². The summed E-state index contributed by atoms with van der Waals surface area (Å²) >= 11 is 0. The van der Waals surface area contributed by atoms with Gasteiger partial charge in [-0.3, -0.25) is 19.1 Å². The number of benzene rings is 2. The number of nitrogens with one attached hydrogen (secondary N) is 1. The van der Waals surface area contributed by atoms with Gasteiger partial charge in [0.25, 0.3) is 11.5 Å². The fourth-order valence-corrected chi connectivity index (χ4v) is 3.03. The predicted molar refractivity (Wildman–Crippen MR) is 112 cm³/mol. The SMILES string of the molecule is COc1cccc(CC(=O)OCC(=O)Nc2c(C)n(C)n(-c3ccccc3)c2=O)c1. The zero-order valence-corrected chi connectivity index (χ0v) is 17.0. The van der Waals surface area contributed by atoms with E-state index in [4.69, 9.17) is 9.47 Å². The van der Waals surface area contributed by atoms with Crippen molar-refractivity contribution in [3.05, 3.63) is 76.2 Å². The van der Waals surface area contributed by atoms with Crippen molar-refractivity contribution < 1.29 is 19.1 Å². The molecule has 0 aliphatic rings. The number of carbonyl (C=O) groups excluding carboxylic acids is 2. The van der Waals surface area contributed by atoms with E-state index in [-0.39, 0.29) is 17.7 Å². The molecule has 0 spiro atoms. The molecule has 0 aliphatic carbocycles. The number of anilines is 1. The molecule has 30 heavy (non-hydrogen) atoms. The molecule has 0 radical (unpaired) electrons. The van der Waals surface area contributed by atoms with Crippen LogP contribution in [0.5, 0.6) is 5.75 Å². The fourth-order valence-electron chi connectivity index (χ4n) is 3.03. The van der Waals surface area contributed by atoms with Gasteiger partial charge in [0, 0.05) is 7.05 Å². The van der Waals surface area contributed by atoms with Crippen molar-refractivity contribution >= 4 is 17.6 Å². The molecule has 0 atom stereocenters. The van der Waals surface area contributed by atoms with Crippen LogP contribution in [-0.4, -0.2) is 35.0 Å². The van der Waals surface area contributed by atoms with Crippen LogP contribution < -0.4 is 15.6 Å². The minimum absolute atomic E-state index is 0.00958. The van der Waals surface area contributed by atoms with Crippen LogP contribution in [0.1, 0.15) is 11.3 Å². The van der Waals surface area contributed by atoms with Gasteiger partial charge in [0.15, 0.2) is 6.61 Å². The Hall–Kier alpha value is -3.81. The summed E-state index contributed by atoms with van der Waals surface area (Å²) in [6.07, 6.45) is 0.00958. The number of hydrogen-bond donors (Lipinski definition) is 1. The molecule has 8 heteroatoms. The van der Waals surface area contributed by atoms with Gasteiger partial charge in [-0.15, -0.1) is 0 Å². The number of nitrogens with zero attached hydrogens (tertiary/aromatic N) is 2. The summed E-state index contributed by atoms with van der Waals surface area (Å²) in [7, 11) is 3.27. The highest BCUT2D eigenvalue weighted by Crippen LogP contribution is 2.15. The summed E-state index contributed by atoms with van der Waals surface area (Å²) in [5, 5.41) is 2.56. The van der Waals surface area contributed by atoms with Gasteiger partial charge in [0.05, 0.1) is 24.9 Å². The number of rotatable bonds is 7. The molecule has 0 fully saturated rings.